The third-order valence-corrected chi connectivity index (χ3v) is 5.28. The van der Waals surface area contributed by atoms with E-state index in [4.69, 9.17) is 18.8 Å². The van der Waals surface area contributed by atoms with Crippen molar-refractivity contribution in [1.29, 1.82) is 0 Å². The number of hydrogen-bond acceptors (Lipinski definition) is 5. The van der Waals surface area contributed by atoms with Gasteiger partial charge in [0.25, 0.3) is 0 Å². The van der Waals surface area contributed by atoms with Gasteiger partial charge in [0.2, 0.25) is 0 Å². The van der Waals surface area contributed by atoms with Crippen molar-refractivity contribution in [2.75, 3.05) is 6.73 Å². The van der Waals surface area contributed by atoms with Crippen molar-refractivity contribution in [3.05, 3.63) is 23.3 Å². The van der Waals surface area contributed by atoms with Crippen LogP contribution in [0.2, 0.25) is 0 Å². The summed E-state index contributed by atoms with van der Waals surface area (Å²) in [4.78, 5) is 14.0. The van der Waals surface area contributed by atoms with Crippen LogP contribution >= 0.6 is 0 Å². The minimum absolute atomic E-state index is 0.179. The zero-order chi connectivity index (χ0) is 20.2. The topological polar surface area (TPSA) is 57.2 Å². The smallest absolute Gasteiger partial charge is 0.472 e. The second-order valence-electron chi connectivity index (χ2n) is 9.37. The van der Waals surface area contributed by atoms with Crippen LogP contribution in [0.5, 0.6) is 5.75 Å². The standard InChI is InChI=1S/C20H30BNO5/c1-13-9-15(21-26-19(5,6)20(7,8)27-21)10-14-11-22(12-24-16(13)14)17(23)25-18(2,3)4/h9-10H,11-12H2,1-8H3. The average molecular weight is 375 g/mol. The number of carbonyl (C=O) groups is 1. The summed E-state index contributed by atoms with van der Waals surface area (Å²) >= 11 is 0. The summed E-state index contributed by atoms with van der Waals surface area (Å²) in [5, 5.41) is 0. The van der Waals surface area contributed by atoms with Crippen LogP contribution in [0.3, 0.4) is 0 Å². The van der Waals surface area contributed by atoms with E-state index in [-0.39, 0.29) is 12.8 Å². The van der Waals surface area contributed by atoms with Gasteiger partial charge in [-0.05, 0) is 66.4 Å². The highest BCUT2D eigenvalue weighted by molar-refractivity contribution is 6.62. The summed E-state index contributed by atoms with van der Waals surface area (Å²) in [5.41, 5.74) is 1.51. The van der Waals surface area contributed by atoms with Gasteiger partial charge in [0.1, 0.15) is 11.4 Å². The predicted molar refractivity (Wildman–Crippen MR) is 104 cm³/mol. The van der Waals surface area contributed by atoms with E-state index in [0.29, 0.717) is 6.54 Å². The summed E-state index contributed by atoms with van der Waals surface area (Å²) in [6, 6.07) is 4.03. The molecule has 1 fully saturated rings. The highest BCUT2D eigenvalue weighted by Crippen LogP contribution is 2.37. The summed E-state index contributed by atoms with van der Waals surface area (Å²) in [6.07, 6.45) is -0.383. The van der Waals surface area contributed by atoms with E-state index in [0.717, 1.165) is 22.3 Å². The molecule has 3 rings (SSSR count). The van der Waals surface area contributed by atoms with Crippen LogP contribution in [0.1, 0.15) is 59.6 Å². The van der Waals surface area contributed by atoms with Gasteiger partial charge in [-0.3, -0.25) is 4.90 Å². The van der Waals surface area contributed by atoms with Crippen molar-refractivity contribution in [2.45, 2.75) is 78.7 Å². The molecule has 0 aromatic heterocycles. The van der Waals surface area contributed by atoms with Crippen molar-refractivity contribution in [1.82, 2.24) is 4.90 Å². The number of fused-ring (bicyclic) bond motifs is 1. The van der Waals surface area contributed by atoms with Gasteiger partial charge in [0, 0.05) is 5.56 Å². The third kappa shape index (κ3) is 3.94. The molecule has 1 amide bonds. The Kier molecular flexibility index (Phi) is 4.76. The molecule has 0 bridgehead atoms. The lowest BCUT2D eigenvalue weighted by atomic mass is 9.77. The first-order valence-electron chi connectivity index (χ1n) is 9.39. The molecule has 0 saturated carbocycles. The Labute approximate surface area is 162 Å². The minimum Gasteiger partial charge on any atom is -0.472 e. The van der Waals surface area contributed by atoms with Gasteiger partial charge in [-0.15, -0.1) is 0 Å². The maximum absolute atomic E-state index is 12.4. The zero-order valence-electron chi connectivity index (χ0n) is 17.6. The van der Waals surface area contributed by atoms with Gasteiger partial charge >= 0.3 is 13.2 Å². The lowest BCUT2D eigenvalue weighted by molar-refractivity contribution is 0.00224. The van der Waals surface area contributed by atoms with E-state index < -0.39 is 23.9 Å². The van der Waals surface area contributed by atoms with E-state index in [1.807, 2.05) is 67.5 Å². The average Bonchev–Trinajstić information content (AvgIpc) is 2.73. The highest BCUT2D eigenvalue weighted by Gasteiger charge is 2.52. The maximum Gasteiger partial charge on any atom is 0.494 e. The van der Waals surface area contributed by atoms with Crippen LogP contribution in [0.4, 0.5) is 4.79 Å². The fourth-order valence-corrected chi connectivity index (χ4v) is 3.15. The molecule has 2 heterocycles. The van der Waals surface area contributed by atoms with Crippen molar-refractivity contribution < 1.29 is 23.6 Å². The molecule has 2 aliphatic rings. The first-order valence-corrected chi connectivity index (χ1v) is 9.39. The van der Waals surface area contributed by atoms with E-state index in [2.05, 4.69) is 0 Å². The Morgan fingerprint density at radius 2 is 1.74 bits per heavy atom. The Morgan fingerprint density at radius 1 is 1.15 bits per heavy atom. The van der Waals surface area contributed by atoms with E-state index in [1.54, 1.807) is 4.90 Å². The third-order valence-electron chi connectivity index (χ3n) is 5.28. The summed E-state index contributed by atoms with van der Waals surface area (Å²) in [5.74, 6) is 0.815. The highest BCUT2D eigenvalue weighted by atomic mass is 16.7. The molecule has 1 aromatic carbocycles. The Balaban J connectivity index is 1.84. The number of hydrogen-bond donors (Lipinski definition) is 0. The van der Waals surface area contributed by atoms with Gasteiger partial charge in [0.05, 0.1) is 17.7 Å². The van der Waals surface area contributed by atoms with Gasteiger partial charge < -0.3 is 18.8 Å². The number of carbonyl (C=O) groups excluding carboxylic acids is 1. The molecule has 1 saturated heterocycles. The van der Waals surface area contributed by atoms with Crippen LogP contribution in [-0.2, 0) is 20.6 Å². The lowest BCUT2D eigenvalue weighted by Crippen LogP contribution is -2.42. The number of ether oxygens (including phenoxy) is 2. The largest absolute Gasteiger partial charge is 0.494 e. The minimum atomic E-state index is -0.544. The fourth-order valence-electron chi connectivity index (χ4n) is 3.15. The first kappa shape index (κ1) is 20.0. The van der Waals surface area contributed by atoms with Crippen LogP contribution in [0.15, 0.2) is 12.1 Å². The molecule has 7 heteroatoms. The van der Waals surface area contributed by atoms with Gasteiger partial charge in [-0.2, -0.15) is 0 Å². The zero-order valence-corrected chi connectivity index (χ0v) is 17.6. The second-order valence-corrected chi connectivity index (χ2v) is 9.37. The molecule has 0 radical (unpaired) electrons. The van der Waals surface area contributed by atoms with E-state index in [1.165, 1.54) is 0 Å². The van der Waals surface area contributed by atoms with E-state index >= 15 is 0 Å². The molecule has 148 valence electrons. The van der Waals surface area contributed by atoms with Crippen molar-refractivity contribution in [3.63, 3.8) is 0 Å². The SMILES string of the molecule is Cc1cc(B2OC(C)(C)C(C)(C)O2)cc2c1OCN(C(=O)OC(C)(C)C)C2. The maximum atomic E-state index is 12.4. The molecule has 0 N–H and O–H groups in total. The summed E-state index contributed by atoms with van der Waals surface area (Å²) in [7, 11) is -0.448. The van der Waals surface area contributed by atoms with E-state index in [9.17, 15) is 4.79 Å². The van der Waals surface area contributed by atoms with Crippen molar-refractivity contribution >= 4 is 18.7 Å². The number of rotatable bonds is 1. The summed E-state index contributed by atoms with van der Waals surface area (Å²) in [6.45, 7) is 16.3. The Morgan fingerprint density at radius 3 is 2.30 bits per heavy atom. The molecule has 0 spiro atoms. The lowest BCUT2D eigenvalue weighted by Gasteiger charge is -2.32. The molecule has 27 heavy (non-hydrogen) atoms. The first-order chi connectivity index (χ1) is 12.3. The fraction of sp³-hybridized carbons (Fsp3) is 0.650. The van der Waals surface area contributed by atoms with Crippen molar-refractivity contribution in [3.8, 4) is 5.75 Å². The van der Waals surface area contributed by atoms with Gasteiger partial charge in [-0.25, -0.2) is 4.79 Å². The monoisotopic (exact) mass is 375 g/mol. The van der Waals surface area contributed by atoms with Crippen LogP contribution < -0.4 is 10.2 Å². The summed E-state index contributed by atoms with van der Waals surface area (Å²) < 4.78 is 23.6. The number of nitrogens with zero attached hydrogens (tertiary/aromatic N) is 1. The van der Waals surface area contributed by atoms with Crippen LogP contribution in [-0.4, -0.2) is 41.6 Å². The normalized spacial score (nSPS) is 20.9. The van der Waals surface area contributed by atoms with Crippen LogP contribution in [0.25, 0.3) is 0 Å². The van der Waals surface area contributed by atoms with Crippen LogP contribution in [0, 0.1) is 6.92 Å². The Hall–Kier alpha value is -1.73. The van der Waals surface area contributed by atoms with Gasteiger partial charge in [-0.1, -0.05) is 12.1 Å². The van der Waals surface area contributed by atoms with Gasteiger partial charge in [0.15, 0.2) is 6.73 Å². The molecule has 6 nitrogen and oxygen atoms in total. The number of benzene rings is 1. The molecular weight excluding hydrogens is 345 g/mol. The molecule has 1 aromatic rings. The van der Waals surface area contributed by atoms with Crippen molar-refractivity contribution in [2.24, 2.45) is 0 Å². The molecule has 0 atom stereocenters. The Bertz CT molecular complexity index is 737. The molecule has 0 aliphatic carbocycles. The molecule has 2 aliphatic heterocycles. The number of aryl methyl sites for hydroxylation is 1. The quantitative estimate of drug-likeness (QED) is 0.705. The molecule has 0 unspecified atom stereocenters. The number of amides is 1. The molecular formula is C20H30BNO5. The predicted octanol–water partition coefficient (Wildman–Crippen LogP) is 3.38. The second kappa shape index (κ2) is 6.42.